The van der Waals surface area contributed by atoms with Crippen LogP contribution in [-0.4, -0.2) is 44.6 Å². The summed E-state index contributed by atoms with van der Waals surface area (Å²) in [6.45, 7) is 4.94. The molecule has 122 valence electrons. The van der Waals surface area contributed by atoms with Crippen LogP contribution in [0, 0.1) is 12.8 Å². The van der Waals surface area contributed by atoms with Gasteiger partial charge in [0.2, 0.25) is 0 Å². The number of rotatable bonds is 3. The average Bonchev–Trinajstić information content (AvgIpc) is 2.45. The molecule has 6 heteroatoms. The van der Waals surface area contributed by atoms with Crippen LogP contribution in [0.3, 0.4) is 0 Å². The number of sulfone groups is 1. The Hall–Kier alpha value is -1.40. The smallest absolute Gasteiger partial charge is 0.254 e. The van der Waals surface area contributed by atoms with Gasteiger partial charge in [0.05, 0.1) is 4.90 Å². The van der Waals surface area contributed by atoms with E-state index in [2.05, 4.69) is 6.92 Å². The number of hydrogen-bond acceptors (Lipinski definition) is 4. The van der Waals surface area contributed by atoms with Crippen molar-refractivity contribution in [2.75, 3.05) is 19.3 Å². The number of carbonyl (C=O) groups excluding carboxylic acids is 1. The van der Waals surface area contributed by atoms with Crippen LogP contribution in [0.1, 0.15) is 35.7 Å². The molecule has 1 aliphatic rings. The summed E-state index contributed by atoms with van der Waals surface area (Å²) >= 11 is 0. The second kappa shape index (κ2) is 6.38. The maximum Gasteiger partial charge on any atom is 0.254 e. The van der Waals surface area contributed by atoms with Crippen LogP contribution in [0.2, 0.25) is 0 Å². The van der Waals surface area contributed by atoms with Gasteiger partial charge in [-0.1, -0.05) is 13.0 Å². The molecule has 0 saturated carbocycles. The minimum absolute atomic E-state index is 0.0178. The summed E-state index contributed by atoms with van der Waals surface area (Å²) in [7, 11) is -3.35. The first-order valence-corrected chi connectivity index (χ1v) is 9.46. The number of piperidine rings is 1. The number of amides is 1. The van der Waals surface area contributed by atoms with E-state index in [0.717, 1.165) is 19.1 Å². The molecule has 2 unspecified atom stereocenters. The number of hydrogen-bond donors (Lipinski definition) is 1. The van der Waals surface area contributed by atoms with Gasteiger partial charge in [-0.3, -0.25) is 4.79 Å². The molecular formula is C16H24N2O3S. The molecule has 22 heavy (non-hydrogen) atoms. The van der Waals surface area contributed by atoms with Crippen LogP contribution in [0.25, 0.3) is 0 Å². The number of nitrogens with zero attached hydrogens (tertiary/aromatic N) is 1. The van der Waals surface area contributed by atoms with Crippen LogP contribution in [0.4, 0.5) is 0 Å². The molecule has 1 aromatic rings. The van der Waals surface area contributed by atoms with E-state index in [1.54, 1.807) is 24.0 Å². The van der Waals surface area contributed by atoms with Gasteiger partial charge in [0.25, 0.3) is 5.91 Å². The highest BCUT2D eigenvalue weighted by atomic mass is 32.2. The normalized spacial score (nSPS) is 22.6. The van der Waals surface area contributed by atoms with Crippen LogP contribution < -0.4 is 5.73 Å². The Morgan fingerprint density at radius 2 is 2.09 bits per heavy atom. The lowest BCUT2D eigenvalue weighted by atomic mass is 9.90. The first-order valence-electron chi connectivity index (χ1n) is 7.57. The second-order valence-corrected chi connectivity index (χ2v) is 8.16. The van der Waals surface area contributed by atoms with Gasteiger partial charge < -0.3 is 10.6 Å². The monoisotopic (exact) mass is 324 g/mol. The highest BCUT2D eigenvalue weighted by molar-refractivity contribution is 7.90. The Labute approximate surface area is 132 Å². The predicted octanol–water partition coefficient (Wildman–Crippen LogP) is 1.60. The molecule has 1 amide bonds. The van der Waals surface area contributed by atoms with Crippen LogP contribution in [0.5, 0.6) is 0 Å². The fraction of sp³-hybridized carbons (Fsp3) is 0.562. The molecule has 1 aliphatic heterocycles. The number of likely N-dealkylation sites (tertiary alicyclic amines) is 1. The van der Waals surface area contributed by atoms with Gasteiger partial charge in [0, 0.05) is 31.0 Å². The Balaban J connectivity index is 2.37. The van der Waals surface area contributed by atoms with E-state index in [-0.39, 0.29) is 16.8 Å². The van der Waals surface area contributed by atoms with Gasteiger partial charge >= 0.3 is 0 Å². The third kappa shape index (κ3) is 3.33. The zero-order valence-electron chi connectivity index (χ0n) is 13.4. The standard InChI is InChI=1S/C16H24N2O3S/c1-11-5-4-8-18(14(11)10-17)16(19)13-7-6-12(2)15(9-13)22(3,20)21/h6-7,9,11,14H,4-5,8,10,17H2,1-3H3. The summed E-state index contributed by atoms with van der Waals surface area (Å²) in [5.74, 6) is 0.231. The van der Waals surface area contributed by atoms with E-state index in [1.165, 1.54) is 6.07 Å². The fourth-order valence-corrected chi connectivity index (χ4v) is 4.15. The van der Waals surface area contributed by atoms with Crippen molar-refractivity contribution in [3.05, 3.63) is 29.3 Å². The molecule has 0 aliphatic carbocycles. The topological polar surface area (TPSA) is 80.5 Å². The summed E-state index contributed by atoms with van der Waals surface area (Å²) in [6, 6.07) is 4.89. The van der Waals surface area contributed by atoms with E-state index in [4.69, 9.17) is 5.73 Å². The minimum Gasteiger partial charge on any atom is -0.334 e. The van der Waals surface area contributed by atoms with Gasteiger partial charge in [0.15, 0.2) is 9.84 Å². The number of carbonyl (C=O) groups is 1. The number of aryl methyl sites for hydroxylation is 1. The molecule has 1 aromatic carbocycles. The SMILES string of the molecule is Cc1ccc(C(=O)N2CCCC(C)C2CN)cc1S(C)(=O)=O. The summed E-state index contributed by atoms with van der Waals surface area (Å²) in [5, 5.41) is 0. The van der Waals surface area contributed by atoms with Gasteiger partial charge in [-0.15, -0.1) is 0 Å². The summed E-state index contributed by atoms with van der Waals surface area (Å²) in [4.78, 5) is 14.8. The maximum atomic E-state index is 12.8. The van der Waals surface area contributed by atoms with Crippen LogP contribution >= 0.6 is 0 Å². The molecule has 1 heterocycles. The third-order valence-corrected chi connectivity index (χ3v) is 5.69. The first-order chi connectivity index (χ1) is 10.3. The van der Waals surface area contributed by atoms with Gasteiger partial charge in [-0.25, -0.2) is 8.42 Å². The molecule has 0 radical (unpaired) electrons. The molecule has 2 N–H and O–H groups in total. The zero-order valence-corrected chi connectivity index (χ0v) is 14.2. The summed E-state index contributed by atoms with van der Waals surface area (Å²) in [6.07, 6.45) is 3.18. The zero-order chi connectivity index (χ0) is 16.5. The third-order valence-electron chi connectivity index (χ3n) is 4.45. The van der Waals surface area contributed by atoms with E-state index >= 15 is 0 Å². The lowest BCUT2D eigenvalue weighted by molar-refractivity contribution is 0.0532. The first kappa shape index (κ1) is 17.0. The summed E-state index contributed by atoms with van der Waals surface area (Å²) < 4.78 is 23.7. The Kier molecular flexibility index (Phi) is 4.92. The van der Waals surface area contributed by atoms with Crippen molar-refractivity contribution < 1.29 is 13.2 Å². The van der Waals surface area contributed by atoms with Crippen molar-refractivity contribution >= 4 is 15.7 Å². The Morgan fingerprint density at radius 1 is 1.41 bits per heavy atom. The largest absolute Gasteiger partial charge is 0.334 e. The van der Waals surface area contributed by atoms with Crippen LogP contribution in [-0.2, 0) is 9.84 Å². The molecule has 0 aromatic heterocycles. The second-order valence-electron chi connectivity index (χ2n) is 6.17. The van der Waals surface area contributed by atoms with Crippen molar-refractivity contribution in [2.24, 2.45) is 11.7 Å². The van der Waals surface area contributed by atoms with Crippen molar-refractivity contribution in [3.63, 3.8) is 0 Å². The van der Waals surface area contributed by atoms with E-state index in [0.29, 0.717) is 30.1 Å². The molecule has 1 saturated heterocycles. The van der Waals surface area contributed by atoms with Crippen molar-refractivity contribution in [2.45, 2.75) is 37.6 Å². The molecule has 2 atom stereocenters. The van der Waals surface area contributed by atoms with Crippen molar-refractivity contribution in [3.8, 4) is 0 Å². The molecular weight excluding hydrogens is 300 g/mol. The highest BCUT2D eigenvalue weighted by Crippen LogP contribution is 2.25. The maximum absolute atomic E-state index is 12.8. The van der Waals surface area contributed by atoms with Crippen molar-refractivity contribution in [1.82, 2.24) is 4.90 Å². The quantitative estimate of drug-likeness (QED) is 0.916. The minimum atomic E-state index is -3.35. The van der Waals surface area contributed by atoms with E-state index in [1.807, 2.05) is 0 Å². The Bertz CT molecular complexity index is 670. The molecule has 0 bridgehead atoms. The number of benzene rings is 1. The van der Waals surface area contributed by atoms with E-state index < -0.39 is 9.84 Å². The molecule has 1 fully saturated rings. The lowest BCUT2D eigenvalue weighted by Gasteiger charge is -2.39. The van der Waals surface area contributed by atoms with Gasteiger partial charge in [0.1, 0.15) is 0 Å². The van der Waals surface area contributed by atoms with Crippen molar-refractivity contribution in [1.29, 1.82) is 0 Å². The van der Waals surface area contributed by atoms with Crippen LogP contribution in [0.15, 0.2) is 23.1 Å². The summed E-state index contributed by atoms with van der Waals surface area (Å²) in [5.41, 5.74) is 6.90. The van der Waals surface area contributed by atoms with Gasteiger partial charge in [-0.2, -0.15) is 0 Å². The predicted molar refractivity (Wildman–Crippen MR) is 86.6 cm³/mol. The molecule has 5 nitrogen and oxygen atoms in total. The molecule has 2 rings (SSSR count). The number of nitrogens with two attached hydrogens (primary N) is 1. The fourth-order valence-electron chi connectivity index (χ4n) is 3.16. The van der Waals surface area contributed by atoms with E-state index in [9.17, 15) is 13.2 Å². The average molecular weight is 324 g/mol. The Morgan fingerprint density at radius 3 is 2.68 bits per heavy atom. The molecule has 0 spiro atoms. The lowest BCUT2D eigenvalue weighted by Crippen LogP contribution is -2.51. The van der Waals surface area contributed by atoms with Gasteiger partial charge in [-0.05, 0) is 43.4 Å². The highest BCUT2D eigenvalue weighted by Gasteiger charge is 2.31.